The molecular formula is C15H14BrClO2. The van der Waals surface area contributed by atoms with Gasteiger partial charge in [-0.05, 0) is 37.3 Å². The first-order valence-corrected chi connectivity index (χ1v) is 7.48. The first kappa shape index (κ1) is 14.2. The van der Waals surface area contributed by atoms with Gasteiger partial charge in [-0.1, -0.05) is 39.7 Å². The molecule has 0 atom stereocenters. The number of hydrogen-bond acceptors (Lipinski definition) is 2. The molecule has 100 valence electrons. The number of halogens is 2. The zero-order chi connectivity index (χ0) is 13.7. The van der Waals surface area contributed by atoms with E-state index < -0.39 is 0 Å². The third-order valence-electron chi connectivity index (χ3n) is 2.55. The van der Waals surface area contributed by atoms with E-state index in [0.29, 0.717) is 22.7 Å². The zero-order valence-electron chi connectivity index (χ0n) is 10.5. The summed E-state index contributed by atoms with van der Waals surface area (Å²) in [4.78, 5) is 0. The Morgan fingerprint density at radius 3 is 2.37 bits per heavy atom. The second kappa shape index (κ2) is 6.83. The van der Waals surface area contributed by atoms with Gasteiger partial charge in [0.05, 0.1) is 11.6 Å². The molecule has 0 aliphatic rings. The average Bonchev–Trinajstić information content (AvgIpc) is 2.43. The Kier molecular flexibility index (Phi) is 5.11. The summed E-state index contributed by atoms with van der Waals surface area (Å²) in [5.41, 5.74) is 1.02. The van der Waals surface area contributed by atoms with E-state index in [1.807, 2.05) is 49.4 Å². The third kappa shape index (κ3) is 3.64. The molecule has 0 fully saturated rings. The Morgan fingerprint density at radius 2 is 1.74 bits per heavy atom. The summed E-state index contributed by atoms with van der Waals surface area (Å²) < 4.78 is 11.2. The van der Waals surface area contributed by atoms with Crippen LogP contribution in [0.2, 0.25) is 5.02 Å². The number of rotatable bonds is 5. The molecule has 0 N–H and O–H groups in total. The van der Waals surface area contributed by atoms with Gasteiger partial charge in [0.2, 0.25) is 0 Å². The summed E-state index contributed by atoms with van der Waals surface area (Å²) in [5.74, 6) is 2.25. The fourth-order valence-corrected chi connectivity index (χ4v) is 2.34. The number of ether oxygens (including phenoxy) is 2. The molecule has 0 aliphatic heterocycles. The predicted molar refractivity (Wildman–Crippen MR) is 81.8 cm³/mol. The largest absolute Gasteiger partial charge is 0.494 e. The fourth-order valence-electron chi connectivity index (χ4n) is 1.66. The molecule has 2 rings (SSSR count). The molecule has 0 saturated heterocycles. The van der Waals surface area contributed by atoms with Crippen molar-refractivity contribution >= 4 is 27.5 Å². The smallest absolute Gasteiger partial charge is 0.150 e. The first-order valence-electron chi connectivity index (χ1n) is 5.98. The lowest BCUT2D eigenvalue weighted by Gasteiger charge is -2.12. The van der Waals surface area contributed by atoms with Crippen LogP contribution in [-0.4, -0.2) is 6.61 Å². The molecule has 2 aromatic rings. The minimum atomic E-state index is 0.603. The standard InChI is InChI=1S/C15H14BrClO2/c1-2-18-12-6-8-13(9-7-12)19-15-11(10-16)4-3-5-14(15)17/h3-9H,2,10H2,1H3. The van der Waals surface area contributed by atoms with E-state index in [9.17, 15) is 0 Å². The van der Waals surface area contributed by atoms with Gasteiger partial charge in [0.25, 0.3) is 0 Å². The van der Waals surface area contributed by atoms with E-state index >= 15 is 0 Å². The van der Waals surface area contributed by atoms with Gasteiger partial charge in [0.1, 0.15) is 17.2 Å². The van der Waals surface area contributed by atoms with E-state index in [0.717, 1.165) is 17.1 Å². The van der Waals surface area contributed by atoms with Gasteiger partial charge in [0, 0.05) is 10.9 Å². The highest BCUT2D eigenvalue weighted by atomic mass is 79.9. The van der Waals surface area contributed by atoms with Gasteiger partial charge in [-0.15, -0.1) is 0 Å². The normalized spacial score (nSPS) is 10.3. The number of para-hydroxylation sites is 1. The maximum absolute atomic E-state index is 6.17. The highest BCUT2D eigenvalue weighted by Gasteiger charge is 2.08. The molecule has 0 amide bonds. The van der Waals surface area contributed by atoms with E-state index in [4.69, 9.17) is 21.1 Å². The van der Waals surface area contributed by atoms with Crippen LogP contribution in [0, 0.1) is 0 Å². The lowest BCUT2D eigenvalue weighted by Crippen LogP contribution is -1.92. The summed E-state index contributed by atoms with van der Waals surface area (Å²) in [7, 11) is 0. The topological polar surface area (TPSA) is 18.5 Å². The molecular weight excluding hydrogens is 328 g/mol. The molecule has 0 unspecified atom stereocenters. The van der Waals surface area contributed by atoms with Gasteiger partial charge >= 0.3 is 0 Å². The van der Waals surface area contributed by atoms with Crippen molar-refractivity contribution in [3.05, 3.63) is 53.1 Å². The van der Waals surface area contributed by atoms with Crippen molar-refractivity contribution in [2.75, 3.05) is 6.61 Å². The lowest BCUT2D eigenvalue weighted by atomic mass is 10.2. The molecule has 19 heavy (non-hydrogen) atoms. The van der Waals surface area contributed by atoms with E-state index in [1.54, 1.807) is 0 Å². The van der Waals surface area contributed by atoms with Gasteiger partial charge in [0.15, 0.2) is 0 Å². The highest BCUT2D eigenvalue weighted by molar-refractivity contribution is 9.08. The zero-order valence-corrected chi connectivity index (χ0v) is 12.9. The Labute approximate surface area is 126 Å². The monoisotopic (exact) mass is 340 g/mol. The van der Waals surface area contributed by atoms with Crippen molar-refractivity contribution in [2.45, 2.75) is 12.3 Å². The fraction of sp³-hybridized carbons (Fsp3) is 0.200. The van der Waals surface area contributed by atoms with E-state index in [1.165, 1.54) is 0 Å². The van der Waals surface area contributed by atoms with Crippen molar-refractivity contribution in [2.24, 2.45) is 0 Å². The molecule has 0 saturated carbocycles. The van der Waals surface area contributed by atoms with Crippen LogP contribution in [0.1, 0.15) is 12.5 Å². The Morgan fingerprint density at radius 1 is 1.05 bits per heavy atom. The van der Waals surface area contributed by atoms with Crippen molar-refractivity contribution in [1.29, 1.82) is 0 Å². The molecule has 2 aromatic carbocycles. The minimum absolute atomic E-state index is 0.603. The maximum Gasteiger partial charge on any atom is 0.150 e. The maximum atomic E-state index is 6.17. The quantitative estimate of drug-likeness (QED) is 0.675. The van der Waals surface area contributed by atoms with Gasteiger partial charge < -0.3 is 9.47 Å². The van der Waals surface area contributed by atoms with Crippen LogP contribution >= 0.6 is 27.5 Å². The van der Waals surface area contributed by atoms with Gasteiger partial charge in [-0.3, -0.25) is 0 Å². The molecule has 0 heterocycles. The summed E-state index contributed by atoms with van der Waals surface area (Å²) in [5, 5.41) is 1.30. The van der Waals surface area contributed by atoms with Crippen LogP contribution in [0.3, 0.4) is 0 Å². The summed E-state index contributed by atoms with van der Waals surface area (Å²) in [6, 6.07) is 13.2. The molecule has 0 spiro atoms. The lowest BCUT2D eigenvalue weighted by molar-refractivity contribution is 0.339. The summed E-state index contributed by atoms with van der Waals surface area (Å²) >= 11 is 9.60. The molecule has 0 aromatic heterocycles. The molecule has 2 nitrogen and oxygen atoms in total. The Bertz CT molecular complexity index is 540. The van der Waals surface area contributed by atoms with Crippen molar-refractivity contribution in [3.63, 3.8) is 0 Å². The Balaban J connectivity index is 2.21. The van der Waals surface area contributed by atoms with Crippen LogP contribution in [0.15, 0.2) is 42.5 Å². The highest BCUT2D eigenvalue weighted by Crippen LogP contribution is 2.34. The van der Waals surface area contributed by atoms with Crippen molar-refractivity contribution in [1.82, 2.24) is 0 Å². The van der Waals surface area contributed by atoms with Crippen LogP contribution < -0.4 is 9.47 Å². The van der Waals surface area contributed by atoms with Crippen LogP contribution in [0.4, 0.5) is 0 Å². The SMILES string of the molecule is CCOc1ccc(Oc2c(Cl)cccc2CBr)cc1. The average molecular weight is 342 g/mol. The minimum Gasteiger partial charge on any atom is -0.494 e. The van der Waals surface area contributed by atoms with Crippen molar-refractivity contribution < 1.29 is 9.47 Å². The van der Waals surface area contributed by atoms with Gasteiger partial charge in [-0.2, -0.15) is 0 Å². The summed E-state index contributed by atoms with van der Waals surface area (Å²) in [6.07, 6.45) is 0. The van der Waals surface area contributed by atoms with E-state index in [2.05, 4.69) is 15.9 Å². The number of benzene rings is 2. The van der Waals surface area contributed by atoms with E-state index in [-0.39, 0.29) is 0 Å². The van der Waals surface area contributed by atoms with Crippen LogP contribution in [0.5, 0.6) is 17.2 Å². The number of alkyl halides is 1. The number of hydrogen-bond donors (Lipinski definition) is 0. The predicted octanol–water partition coefficient (Wildman–Crippen LogP) is 5.43. The third-order valence-corrected chi connectivity index (χ3v) is 3.45. The van der Waals surface area contributed by atoms with Crippen LogP contribution in [0.25, 0.3) is 0 Å². The molecule has 4 heteroatoms. The first-order chi connectivity index (χ1) is 9.24. The van der Waals surface area contributed by atoms with Crippen LogP contribution in [-0.2, 0) is 5.33 Å². The molecule has 0 radical (unpaired) electrons. The van der Waals surface area contributed by atoms with Gasteiger partial charge in [-0.25, -0.2) is 0 Å². The second-order valence-electron chi connectivity index (χ2n) is 3.87. The van der Waals surface area contributed by atoms with Crippen molar-refractivity contribution in [3.8, 4) is 17.2 Å². The molecule has 0 bridgehead atoms. The Hall–Kier alpha value is -1.19. The second-order valence-corrected chi connectivity index (χ2v) is 4.84. The molecule has 0 aliphatic carbocycles. The summed E-state index contributed by atoms with van der Waals surface area (Å²) in [6.45, 7) is 2.61.